The summed E-state index contributed by atoms with van der Waals surface area (Å²) in [7, 11) is 0. The Morgan fingerprint density at radius 2 is 1.95 bits per heavy atom. The predicted octanol–water partition coefficient (Wildman–Crippen LogP) is 2.76. The Kier molecular flexibility index (Phi) is 6.53. The Balaban J connectivity index is 2.74. The highest BCUT2D eigenvalue weighted by Gasteiger charge is 2.20. The SMILES string of the molecule is CCCNC(CCC(=O)O)C(=O)c1ccc(Cl)cc1. The number of nitrogens with one attached hydrogen (secondary N) is 1. The lowest BCUT2D eigenvalue weighted by Gasteiger charge is -2.16. The van der Waals surface area contributed by atoms with E-state index in [4.69, 9.17) is 16.7 Å². The molecule has 0 amide bonds. The van der Waals surface area contributed by atoms with Gasteiger partial charge in [0.2, 0.25) is 0 Å². The van der Waals surface area contributed by atoms with Crippen molar-refractivity contribution in [3.8, 4) is 0 Å². The number of carboxylic acids is 1. The van der Waals surface area contributed by atoms with Gasteiger partial charge in [0.1, 0.15) is 0 Å². The summed E-state index contributed by atoms with van der Waals surface area (Å²) >= 11 is 5.78. The summed E-state index contributed by atoms with van der Waals surface area (Å²) in [6, 6.07) is 6.17. The zero-order chi connectivity index (χ0) is 14.3. The van der Waals surface area contributed by atoms with E-state index in [1.807, 2.05) is 6.92 Å². The molecule has 4 nitrogen and oxygen atoms in total. The first-order valence-electron chi connectivity index (χ1n) is 6.29. The number of aliphatic carboxylic acids is 1. The molecule has 1 atom stereocenters. The number of Topliss-reactive ketones (excluding diaryl/α,β-unsaturated/α-hetero) is 1. The first-order chi connectivity index (χ1) is 9.04. The largest absolute Gasteiger partial charge is 0.481 e. The fourth-order valence-corrected chi connectivity index (χ4v) is 1.85. The quantitative estimate of drug-likeness (QED) is 0.720. The van der Waals surface area contributed by atoms with Crippen molar-refractivity contribution in [1.82, 2.24) is 5.32 Å². The van der Waals surface area contributed by atoms with Gasteiger partial charge in [-0.05, 0) is 43.7 Å². The van der Waals surface area contributed by atoms with Gasteiger partial charge in [0, 0.05) is 17.0 Å². The average molecular weight is 284 g/mol. The van der Waals surface area contributed by atoms with E-state index < -0.39 is 12.0 Å². The van der Waals surface area contributed by atoms with Gasteiger partial charge in [-0.1, -0.05) is 18.5 Å². The molecular weight excluding hydrogens is 266 g/mol. The second-order valence-corrected chi connectivity index (χ2v) is 4.75. The molecule has 0 spiro atoms. The van der Waals surface area contributed by atoms with E-state index in [2.05, 4.69) is 5.32 Å². The Morgan fingerprint density at radius 3 is 2.47 bits per heavy atom. The molecule has 1 rings (SSSR count). The van der Waals surface area contributed by atoms with Crippen LogP contribution < -0.4 is 5.32 Å². The van der Waals surface area contributed by atoms with Crippen LogP contribution in [0.5, 0.6) is 0 Å². The van der Waals surface area contributed by atoms with Crippen LogP contribution >= 0.6 is 11.6 Å². The summed E-state index contributed by atoms with van der Waals surface area (Å²) in [5, 5.41) is 12.4. The standard InChI is InChI=1S/C14H18ClNO3/c1-2-9-16-12(7-8-13(17)18)14(19)10-3-5-11(15)6-4-10/h3-6,12,16H,2,7-9H2,1H3,(H,17,18). The van der Waals surface area contributed by atoms with Gasteiger partial charge in [0.25, 0.3) is 0 Å². The molecule has 0 saturated carbocycles. The summed E-state index contributed by atoms with van der Waals surface area (Å²) in [5.41, 5.74) is 0.545. The summed E-state index contributed by atoms with van der Waals surface area (Å²) in [5.74, 6) is -0.987. The third-order valence-electron chi connectivity index (χ3n) is 2.73. The molecule has 0 aliphatic rings. The first-order valence-corrected chi connectivity index (χ1v) is 6.67. The van der Waals surface area contributed by atoms with Gasteiger partial charge in [-0.25, -0.2) is 0 Å². The maximum atomic E-state index is 12.3. The van der Waals surface area contributed by atoms with Crippen LogP contribution in [0.2, 0.25) is 5.02 Å². The fourth-order valence-electron chi connectivity index (χ4n) is 1.73. The van der Waals surface area contributed by atoms with Crippen molar-refractivity contribution < 1.29 is 14.7 Å². The van der Waals surface area contributed by atoms with Crippen molar-refractivity contribution >= 4 is 23.4 Å². The van der Waals surface area contributed by atoms with Crippen molar-refractivity contribution in [3.63, 3.8) is 0 Å². The van der Waals surface area contributed by atoms with Crippen molar-refractivity contribution in [2.45, 2.75) is 32.2 Å². The number of hydrogen-bond donors (Lipinski definition) is 2. The zero-order valence-corrected chi connectivity index (χ0v) is 11.6. The zero-order valence-electron chi connectivity index (χ0n) is 10.9. The van der Waals surface area contributed by atoms with Crippen LogP contribution in [0.1, 0.15) is 36.5 Å². The number of benzene rings is 1. The molecule has 0 aliphatic carbocycles. The van der Waals surface area contributed by atoms with E-state index in [9.17, 15) is 9.59 Å². The van der Waals surface area contributed by atoms with Crippen molar-refractivity contribution in [3.05, 3.63) is 34.9 Å². The minimum Gasteiger partial charge on any atom is -0.481 e. The van der Waals surface area contributed by atoms with Gasteiger partial charge in [-0.2, -0.15) is 0 Å². The number of halogens is 1. The number of rotatable bonds is 8. The first kappa shape index (κ1) is 15.7. The van der Waals surface area contributed by atoms with Crippen LogP contribution in [0.15, 0.2) is 24.3 Å². The Hall–Kier alpha value is -1.39. The molecule has 0 aromatic heterocycles. The molecular formula is C14H18ClNO3. The number of ketones is 1. The van der Waals surface area contributed by atoms with E-state index in [1.54, 1.807) is 24.3 Å². The Morgan fingerprint density at radius 1 is 1.32 bits per heavy atom. The van der Waals surface area contributed by atoms with Crippen LogP contribution in [0.3, 0.4) is 0 Å². The van der Waals surface area contributed by atoms with Crippen LogP contribution in [0.4, 0.5) is 0 Å². The molecule has 2 N–H and O–H groups in total. The molecule has 0 bridgehead atoms. The molecule has 0 saturated heterocycles. The average Bonchev–Trinajstić information content (AvgIpc) is 2.39. The Bertz CT molecular complexity index is 431. The minimum absolute atomic E-state index is 0.0271. The summed E-state index contributed by atoms with van der Waals surface area (Å²) in [6.07, 6.45) is 1.15. The highest BCUT2D eigenvalue weighted by molar-refractivity contribution is 6.30. The van der Waals surface area contributed by atoms with Gasteiger partial charge in [0.05, 0.1) is 6.04 Å². The van der Waals surface area contributed by atoms with E-state index in [1.165, 1.54) is 0 Å². The van der Waals surface area contributed by atoms with Crippen LogP contribution in [-0.4, -0.2) is 29.4 Å². The van der Waals surface area contributed by atoms with Gasteiger partial charge in [0.15, 0.2) is 5.78 Å². The normalized spacial score (nSPS) is 12.1. The summed E-state index contributed by atoms with van der Waals surface area (Å²) < 4.78 is 0. The van der Waals surface area contributed by atoms with Gasteiger partial charge < -0.3 is 10.4 Å². The molecule has 0 aliphatic heterocycles. The third kappa shape index (κ3) is 5.41. The smallest absolute Gasteiger partial charge is 0.303 e. The number of hydrogen-bond acceptors (Lipinski definition) is 3. The van der Waals surface area contributed by atoms with Crippen LogP contribution in [0, 0.1) is 0 Å². The highest BCUT2D eigenvalue weighted by atomic mass is 35.5. The number of carboxylic acid groups (broad SMARTS) is 1. The molecule has 1 aromatic rings. The summed E-state index contributed by atoms with van der Waals surface area (Å²) in [4.78, 5) is 22.9. The van der Waals surface area contributed by atoms with Gasteiger partial charge in [-0.15, -0.1) is 0 Å². The minimum atomic E-state index is -0.896. The number of carbonyl (C=O) groups is 2. The molecule has 1 unspecified atom stereocenters. The van der Waals surface area contributed by atoms with E-state index in [-0.39, 0.29) is 18.6 Å². The monoisotopic (exact) mass is 283 g/mol. The molecule has 0 fully saturated rings. The highest BCUT2D eigenvalue weighted by Crippen LogP contribution is 2.13. The number of carbonyl (C=O) groups excluding carboxylic acids is 1. The van der Waals surface area contributed by atoms with Crippen LogP contribution in [0.25, 0.3) is 0 Å². The van der Waals surface area contributed by atoms with Gasteiger partial charge in [-0.3, -0.25) is 9.59 Å². The second kappa shape index (κ2) is 7.92. The maximum absolute atomic E-state index is 12.3. The molecule has 104 valence electrons. The van der Waals surface area contributed by atoms with E-state index in [0.717, 1.165) is 6.42 Å². The van der Waals surface area contributed by atoms with E-state index >= 15 is 0 Å². The lowest BCUT2D eigenvalue weighted by Crippen LogP contribution is -2.37. The summed E-state index contributed by atoms with van der Waals surface area (Å²) in [6.45, 7) is 2.68. The molecule has 5 heteroatoms. The predicted molar refractivity (Wildman–Crippen MR) is 74.7 cm³/mol. The molecule has 1 aromatic carbocycles. The topological polar surface area (TPSA) is 66.4 Å². The molecule has 0 heterocycles. The van der Waals surface area contributed by atoms with Crippen molar-refractivity contribution in [2.75, 3.05) is 6.54 Å². The second-order valence-electron chi connectivity index (χ2n) is 4.31. The van der Waals surface area contributed by atoms with Crippen LogP contribution in [-0.2, 0) is 4.79 Å². The van der Waals surface area contributed by atoms with Crippen molar-refractivity contribution in [2.24, 2.45) is 0 Å². The molecule has 19 heavy (non-hydrogen) atoms. The van der Waals surface area contributed by atoms with Gasteiger partial charge >= 0.3 is 5.97 Å². The maximum Gasteiger partial charge on any atom is 0.303 e. The van der Waals surface area contributed by atoms with E-state index in [0.29, 0.717) is 17.1 Å². The lowest BCUT2D eigenvalue weighted by atomic mass is 10.00. The Labute approximate surface area is 117 Å². The molecule has 0 radical (unpaired) electrons. The fraction of sp³-hybridized carbons (Fsp3) is 0.429. The van der Waals surface area contributed by atoms with Crippen molar-refractivity contribution in [1.29, 1.82) is 0 Å². The third-order valence-corrected chi connectivity index (χ3v) is 2.98. The lowest BCUT2D eigenvalue weighted by molar-refractivity contribution is -0.137.